The van der Waals surface area contributed by atoms with Gasteiger partial charge < -0.3 is 25.0 Å². The fourth-order valence-corrected chi connectivity index (χ4v) is 7.77. The van der Waals surface area contributed by atoms with Crippen molar-refractivity contribution in [3.05, 3.63) is 100 Å². The average Bonchev–Trinajstić information content (AvgIpc) is 3.71. The summed E-state index contributed by atoms with van der Waals surface area (Å²) in [4.78, 5) is 49.8. The summed E-state index contributed by atoms with van der Waals surface area (Å²) in [6, 6.07) is 15.9. The molecule has 12 heteroatoms. The van der Waals surface area contributed by atoms with Gasteiger partial charge in [0.2, 0.25) is 0 Å². The van der Waals surface area contributed by atoms with Gasteiger partial charge in [0.15, 0.2) is 0 Å². The molecule has 2 N–H and O–H groups in total. The molecule has 7 rings (SSSR count). The highest BCUT2D eigenvalue weighted by molar-refractivity contribution is 6.04. The van der Waals surface area contributed by atoms with E-state index >= 15 is 0 Å². The summed E-state index contributed by atoms with van der Waals surface area (Å²) in [5, 5.41) is 10.5. The van der Waals surface area contributed by atoms with E-state index in [0.717, 1.165) is 70.5 Å². The third-order valence-corrected chi connectivity index (χ3v) is 10.9. The Balaban J connectivity index is 0.950. The van der Waals surface area contributed by atoms with Crippen LogP contribution in [0.25, 0.3) is 0 Å². The SMILES string of the molecule is Cc1c(C(=O)Nc2ccc(CNC(=O)c3ccc4n3CCN(Cc3ccc(C(=O)N(C)C)cc3)C43CCC3)nc2)cnn1C1CCN(C)CC1. The summed E-state index contributed by atoms with van der Waals surface area (Å²) >= 11 is 0. The first kappa shape index (κ1) is 33.7. The quantitative estimate of drug-likeness (QED) is 0.269. The molecule has 1 aromatic carbocycles. The molecule has 50 heavy (non-hydrogen) atoms. The lowest BCUT2D eigenvalue weighted by Crippen LogP contribution is -2.56. The van der Waals surface area contributed by atoms with Gasteiger partial charge in [0.1, 0.15) is 5.69 Å². The van der Waals surface area contributed by atoms with Crippen LogP contribution in [-0.4, -0.2) is 92.5 Å². The number of carbonyl (C=O) groups is 3. The van der Waals surface area contributed by atoms with Crippen LogP contribution in [0.15, 0.2) is 60.9 Å². The number of nitrogens with one attached hydrogen (secondary N) is 2. The number of anilines is 1. The molecule has 3 aromatic heterocycles. The van der Waals surface area contributed by atoms with E-state index in [4.69, 9.17) is 0 Å². The van der Waals surface area contributed by atoms with Gasteiger partial charge in [-0.25, -0.2) is 0 Å². The van der Waals surface area contributed by atoms with Gasteiger partial charge >= 0.3 is 0 Å². The standard InChI is InChI=1S/C38H47N9O3/c1-26-32(24-41-47(26)31-14-18-44(4)19-15-31)35(48)42-30-11-10-29(39-23-30)22-40-36(49)33-12-13-34-38(16-5-17-38)45(20-21-46(33)34)25-27-6-8-28(9-7-27)37(50)43(2)3/h6-13,23-24,31H,5,14-22,25H2,1-4H3,(H,40,49)(H,42,48). The molecule has 3 amide bonds. The molecule has 1 saturated heterocycles. The maximum absolute atomic E-state index is 13.4. The Labute approximate surface area is 293 Å². The first-order chi connectivity index (χ1) is 24.1. The zero-order valence-electron chi connectivity index (χ0n) is 29.5. The molecule has 12 nitrogen and oxygen atoms in total. The van der Waals surface area contributed by atoms with Crippen LogP contribution >= 0.6 is 0 Å². The normalized spacial score (nSPS) is 17.6. The molecule has 1 spiro atoms. The molecular weight excluding hydrogens is 630 g/mol. The maximum Gasteiger partial charge on any atom is 0.268 e. The number of piperidine rings is 1. The minimum atomic E-state index is -0.209. The van der Waals surface area contributed by atoms with Gasteiger partial charge in [0, 0.05) is 50.7 Å². The molecule has 262 valence electrons. The highest BCUT2D eigenvalue weighted by Gasteiger charge is 2.48. The Hall–Kier alpha value is -4.81. The number of carbonyl (C=O) groups excluding carboxylic acids is 3. The molecule has 1 aliphatic carbocycles. The number of rotatable bonds is 9. The zero-order chi connectivity index (χ0) is 35.0. The zero-order valence-corrected chi connectivity index (χ0v) is 29.5. The summed E-state index contributed by atoms with van der Waals surface area (Å²) in [6.45, 7) is 6.65. The fraction of sp³-hybridized carbons (Fsp3) is 0.447. The number of likely N-dealkylation sites (tertiary alicyclic amines) is 1. The molecule has 2 aliphatic heterocycles. The van der Waals surface area contributed by atoms with Gasteiger partial charge in [-0.3, -0.25) is 28.9 Å². The number of amides is 3. The third-order valence-electron chi connectivity index (χ3n) is 10.9. The van der Waals surface area contributed by atoms with E-state index in [-0.39, 0.29) is 29.8 Å². The number of benzene rings is 1. The Bertz CT molecular complexity index is 1860. The number of hydrogen-bond donors (Lipinski definition) is 2. The molecular formula is C38H47N9O3. The third kappa shape index (κ3) is 6.45. The van der Waals surface area contributed by atoms with E-state index < -0.39 is 0 Å². The predicted octanol–water partition coefficient (Wildman–Crippen LogP) is 4.43. The number of hydrogen-bond acceptors (Lipinski definition) is 7. The Morgan fingerprint density at radius 3 is 2.34 bits per heavy atom. The van der Waals surface area contributed by atoms with E-state index in [2.05, 4.69) is 60.3 Å². The molecule has 5 heterocycles. The van der Waals surface area contributed by atoms with Crippen molar-refractivity contribution in [2.75, 3.05) is 46.1 Å². The summed E-state index contributed by atoms with van der Waals surface area (Å²) in [5.74, 6) is -0.334. The maximum atomic E-state index is 13.4. The van der Waals surface area contributed by atoms with Crippen LogP contribution in [0.3, 0.4) is 0 Å². The highest BCUT2D eigenvalue weighted by Crippen LogP contribution is 2.49. The van der Waals surface area contributed by atoms with Crippen molar-refractivity contribution < 1.29 is 14.4 Å². The van der Waals surface area contributed by atoms with Crippen molar-refractivity contribution in [1.82, 2.24) is 39.3 Å². The number of nitrogens with zero attached hydrogens (tertiary/aromatic N) is 7. The van der Waals surface area contributed by atoms with Crippen LogP contribution in [0.2, 0.25) is 0 Å². The van der Waals surface area contributed by atoms with Crippen LogP contribution in [0.1, 0.15) is 92.0 Å². The van der Waals surface area contributed by atoms with Crippen LogP contribution in [0.4, 0.5) is 5.69 Å². The van der Waals surface area contributed by atoms with E-state index in [1.165, 1.54) is 11.3 Å². The first-order valence-corrected chi connectivity index (χ1v) is 17.7. The second-order valence-electron chi connectivity index (χ2n) is 14.3. The van der Waals surface area contributed by atoms with E-state index in [0.29, 0.717) is 34.2 Å². The Morgan fingerprint density at radius 1 is 0.920 bits per heavy atom. The van der Waals surface area contributed by atoms with Crippen molar-refractivity contribution in [2.24, 2.45) is 0 Å². The molecule has 0 radical (unpaired) electrons. The Morgan fingerprint density at radius 2 is 1.68 bits per heavy atom. The van der Waals surface area contributed by atoms with Crippen molar-refractivity contribution in [3.8, 4) is 0 Å². The predicted molar refractivity (Wildman–Crippen MR) is 191 cm³/mol. The number of pyridine rings is 1. The van der Waals surface area contributed by atoms with E-state index in [1.54, 1.807) is 31.4 Å². The molecule has 3 aliphatic rings. The molecule has 0 bridgehead atoms. The van der Waals surface area contributed by atoms with Crippen LogP contribution in [-0.2, 0) is 25.2 Å². The molecule has 2 fully saturated rings. The number of fused-ring (bicyclic) bond motifs is 2. The minimum absolute atomic E-state index is 0.00294. The van der Waals surface area contributed by atoms with Crippen molar-refractivity contribution >= 4 is 23.4 Å². The summed E-state index contributed by atoms with van der Waals surface area (Å²) in [6.07, 6.45) is 8.59. The van der Waals surface area contributed by atoms with Gasteiger partial charge in [-0.2, -0.15) is 5.10 Å². The second kappa shape index (κ2) is 13.8. The van der Waals surface area contributed by atoms with Crippen LogP contribution < -0.4 is 10.6 Å². The smallest absolute Gasteiger partial charge is 0.268 e. The van der Waals surface area contributed by atoms with Gasteiger partial charge in [0.25, 0.3) is 17.7 Å². The summed E-state index contributed by atoms with van der Waals surface area (Å²) < 4.78 is 4.18. The first-order valence-electron chi connectivity index (χ1n) is 17.7. The molecule has 1 saturated carbocycles. The fourth-order valence-electron chi connectivity index (χ4n) is 7.77. The van der Waals surface area contributed by atoms with Crippen molar-refractivity contribution in [1.29, 1.82) is 0 Å². The van der Waals surface area contributed by atoms with Crippen molar-refractivity contribution in [3.63, 3.8) is 0 Å². The largest absolute Gasteiger partial charge is 0.345 e. The summed E-state index contributed by atoms with van der Waals surface area (Å²) in [5.41, 5.74) is 6.38. The lowest BCUT2D eigenvalue weighted by atomic mass is 9.71. The number of aromatic nitrogens is 4. The van der Waals surface area contributed by atoms with E-state index in [1.807, 2.05) is 41.9 Å². The lowest BCUT2D eigenvalue weighted by Gasteiger charge is -2.53. The van der Waals surface area contributed by atoms with Gasteiger partial charge in [-0.15, -0.1) is 0 Å². The van der Waals surface area contributed by atoms with Crippen molar-refractivity contribution in [2.45, 2.75) is 70.2 Å². The van der Waals surface area contributed by atoms with Crippen LogP contribution in [0, 0.1) is 6.92 Å². The topological polar surface area (TPSA) is 121 Å². The second-order valence-corrected chi connectivity index (χ2v) is 14.3. The van der Waals surface area contributed by atoms with Gasteiger partial charge in [0.05, 0.1) is 47.5 Å². The average molecular weight is 678 g/mol. The van der Waals surface area contributed by atoms with Crippen LogP contribution in [0.5, 0.6) is 0 Å². The monoisotopic (exact) mass is 677 g/mol. The lowest BCUT2D eigenvalue weighted by molar-refractivity contribution is -0.0217. The van der Waals surface area contributed by atoms with E-state index in [9.17, 15) is 14.4 Å². The van der Waals surface area contributed by atoms with Gasteiger partial charge in [-0.1, -0.05) is 12.1 Å². The Kier molecular flexibility index (Phi) is 9.32. The molecule has 0 unspecified atom stereocenters. The van der Waals surface area contributed by atoms with Gasteiger partial charge in [-0.05, 0) is 101 Å². The highest BCUT2D eigenvalue weighted by atomic mass is 16.2. The molecule has 4 aromatic rings. The molecule has 0 atom stereocenters. The summed E-state index contributed by atoms with van der Waals surface area (Å²) in [7, 11) is 5.66. The minimum Gasteiger partial charge on any atom is -0.345 e.